The second kappa shape index (κ2) is 6.31. The van der Waals surface area contributed by atoms with Crippen molar-refractivity contribution in [2.24, 2.45) is 0 Å². The first-order valence-corrected chi connectivity index (χ1v) is 7.16. The van der Waals surface area contributed by atoms with Gasteiger partial charge in [0.05, 0.1) is 17.2 Å². The van der Waals surface area contributed by atoms with Gasteiger partial charge >= 0.3 is 0 Å². The quantitative estimate of drug-likeness (QED) is 0.850. The Kier molecular flexibility index (Phi) is 4.96. The summed E-state index contributed by atoms with van der Waals surface area (Å²) in [6.45, 7) is 8.29. The maximum absolute atomic E-state index is 6.05. The molecular weight excluding hydrogens is 285 g/mol. The Balaban J connectivity index is 1.81. The van der Waals surface area contributed by atoms with E-state index in [0.29, 0.717) is 22.4 Å². The van der Waals surface area contributed by atoms with Crippen LogP contribution in [0.1, 0.15) is 13.8 Å². The molecule has 0 radical (unpaired) electrons. The number of rotatable bonds is 4. The molecule has 0 saturated carbocycles. The van der Waals surface area contributed by atoms with Crippen LogP contribution in [0.2, 0.25) is 10.0 Å². The number of hydrogen-bond acceptors (Lipinski definition) is 3. The molecule has 1 aromatic carbocycles. The highest BCUT2D eigenvalue weighted by Crippen LogP contribution is 2.27. The number of morpholine rings is 1. The van der Waals surface area contributed by atoms with Crippen molar-refractivity contribution in [2.75, 3.05) is 32.8 Å². The first-order valence-electron chi connectivity index (χ1n) is 6.40. The van der Waals surface area contributed by atoms with Crippen molar-refractivity contribution in [3.63, 3.8) is 0 Å². The monoisotopic (exact) mass is 303 g/mol. The zero-order chi connectivity index (χ0) is 13.9. The average molecular weight is 304 g/mol. The Morgan fingerprint density at radius 2 is 2.16 bits per heavy atom. The van der Waals surface area contributed by atoms with Crippen molar-refractivity contribution in [1.29, 1.82) is 0 Å². The van der Waals surface area contributed by atoms with Crippen LogP contribution < -0.4 is 4.74 Å². The molecule has 0 aliphatic carbocycles. The molecule has 1 saturated heterocycles. The number of benzene rings is 1. The average Bonchev–Trinajstić information content (AvgIpc) is 2.32. The highest BCUT2D eigenvalue weighted by atomic mass is 35.5. The molecule has 1 fully saturated rings. The fourth-order valence-corrected chi connectivity index (χ4v) is 2.51. The number of halogens is 2. The van der Waals surface area contributed by atoms with Gasteiger partial charge in [-0.25, -0.2) is 0 Å². The van der Waals surface area contributed by atoms with Crippen LogP contribution in [0, 0.1) is 0 Å². The molecule has 1 aromatic rings. The summed E-state index contributed by atoms with van der Waals surface area (Å²) in [5.41, 5.74) is -0.0774. The van der Waals surface area contributed by atoms with Gasteiger partial charge in [0, 0.05) is 30.7 Å². The zero-order valence-corrected chi connectivity index (χ0v) is 12.8. The van der Waals surface area contributed by atoms with Crippen molar-refractivity contribution in [2.45, 2.75) is 19.4 Å². The Morgan fingerprint density at radius 1 is 1.37 bits per heavy atom. The van der Waals surface area contributed by atoms with Crippen molar-refractivity contribution in [3.8, 4) is 5.75 Å². The summed E-state index contributed by atoms with van der Waals surface area (Å²) < 4.78 is 11.4. The van der Waals surface area contributed by atoms with E-state index in [4.69, 9.17) is 32.7 Å². The summed E-state index contributed by atoms with van der Waals surface area (Å²) in [4.78, 5) is 2.34. The molecule has 1 heterocycles. The zero-order valence-electron chi connectivity index (χ0n) is 11.3. The predicted octanol–water partition coefficient (Wildman–Crippen LogP) is 3.48. The third-order valence-corrected chi connectivity index (χ3v) is 3.61. The van der Waals surface area contributed by atoms with Crippen LogP contribution in [0.3, 0.4) is 0 Å². The molecule has 2 rings (SSSR count). The van der Waals surface area contributed by atoms with Gasteiger partial charge in [0.2, 0.25) is 0 Å². The minimum absolute atomic E-state index is 0.0774. The maximum Gasteiger partial charge on any atom is 0.139 e. The molecule has 0 amide bonds. The van der Waals surface area contributed by atoms with Crippen LogP contribution in [0.15, 0.2) is 18.2 Å². The molecule has 0 aromatic heterocycles. The number of hydrogen-bond donors (Lipinski definition) is 0. The van der Waals surface area contributed by atoms with E-state index in [-0.39, 0.29) is 5.60 Å². The molecule has 0 unspecified atom stereocenters. The molecule has 106 valence electrons. The van der Waals surface area contributed by atoms with Crippen molar-refractivity contribution < 1.29 is 9.47 Å². The Morgan fingerprint density at radius 3 is 2.89 bits per heavy atom. The topological polar surface area (TPSA) is 21.7 Å². The summed E-state index contributed by atoms with van der Waals surface area (Å²) in [5.74, 6) is 0.640. The van der Waals surface area contributed by atoms with Gasteiger partial charge in [0.15, 0.2) is 0 Å². The molecule has 3 nitrogen and oxygen atoms in total. The molecule has 0 bridgehead atoms. The van der Waals surface area contributed by atoms with Crippen molar-refractivity contribution in [3.05, 3.63) is 28.2 Å². The normalized spacial score (nSPS) is 19.4. The Bertz CT molecular complexity index is 437. The molecule has 1 aliphatic heterocycles. The van der Waals surface area contributed by atoms with Crippen molar-refractivity contribution >= 4 is 23.2 Å². The second-order valence-electron chi connectivity index (χ2n) is 5.31. The molecule has 19 heavy (non-hydrogen) atoms. The van der Waals surface area contributed by atoms with E-state index in [1.54, 1.807) is 18.2 Å². The third kappa shape index (κ3) is 4.53. The lowest BCUT2D eigenvalue weighted by Crippen LogP contribution is -2.49. The van der Waals surface area contributed by atoms with Crippen LogP contribution in [-0.4, -0.2) is 43.3 Å². The van der Waals surface area contributed by atoms with Crippen LogP contribution in [0.25, 0.3) is 0 Å². The molecule has 0 atom stereocenters. The molecule has 1 aliphatic rings. The van der Waals surface area contributed by atoms with Gasteiger partial charge in [-0.1, -0.05) is 23.2 Å². The summed E-state index contributed by atoms with van der Waals surface area (Å²) in [5, 5.41) is 1.22. The van der Waals surface area contributed by atoms with E-state index < -0.39 is 0 Å². The summed E-state index contributed by atoms with van der Waals surface area (Å²) >= 11 is 12.0. The van der Waals surface area contributed by atoms with E-state index in [0.717, 1.165) is 26.2 Å². The third-order valence-electron chi connectivity index (χ3n) is 3.06. The fraction of sp³-hybridized carbons (Fsp3) is 0.571. The van der Waals surface area contributed by atoms with Crippen LogP contribution in [-0.2, 0) is 4.74 Å². The SMILES string of the molecule is CC1(C)CN(CCOc2cc(Cl)ccc2Cl)CCO1. The maximum atomic E-state index is 6.05. The van der Waals surface area contributed by atoms with Gasteiger partial charge in [0.1, 0.15) is 12.4 Å². The van der Waals surface area contributed by atoms with E-state index in [1.807, 2.05) is 0 Å². The van der Waals surface area contributed by atoms with Gasteiger partial charge in [-0.15, -0.1) is 0 Å². The molecular formula is C14H19Cl2NO2. The molecule has 0 N–H and O–H groups in total. The van der Waals surface area contributed by atoms with Gasteiger partial charge in [0.25, 0.3) is 0 Å². The van der Waals surface area contributed by atoms with Gasteiger partial charge in [-0.05, 0) is 26.0 Å². The Hall–Kier alpha value is -0.480. The lowest BCUT2D eigenvalue weighted by Gasteiger charge is -2.38. The number of ether oxygens (including phenoxy) is 2. The second-order valence-corrected chi connectivity index (χ2v) is 6.15. The van der Waals surface area contributed by atoms with E-state index in [9.17, 15) is 0 Å². The minimum Gasteiger partial charge on any atom is -0.491 e. The van der Waals surface area contributed by atoms with Gasteiger partial charge < -0.3 is 9.47 Å². The summed E-state index contributed by atoms with van der Waals surface area (Å²) in [7, 11) is 0. The highest BCUT2D eigenvalue weighted by Gasteiger charge is 2.26. The van der Waals surface area contributed by atoms with Crippen LogP contribution in [0.5, 0.6) is 5.75 Å². The first-order chi connectivity index (χ1) is 8.96. The predicted molar refractivity (Wildman–Crippen MR) is 78.4 cm³/mol. The smallest absolute Gasteiger partial charge is 0.139 e. The van der Waals surface area contributed by atoms with Gasteiger partial charge in [-0.3, -0.25) is 4.90 Å². The fourth-order valence-electron chi connectivity index (χ4n) is 2.18. The standard InChI is InChI=1S/C14H19Cl2NO2/c1-14(2)10-17(6-8-19-14)5-7-18-13-9-11(15)3-4-12(13)16/h3-4,9H,5-8,10H2,1-2H3. The minimum atomic E-state index is -0.0774. The molecule has 0 spiro atoms. The van der Waals surface area contributed by atoms with Crippen LogP contribution in [0.4, 0.5) is 0 Å². The largest absolute Gasteiger partial charge is 0.491 e. The van der Waals surface area contributed by atoms with E-state index in [2.05, 4.69) is 18.7 Å². The van der Waals surface area contributed by atoms with Crippen molar-refractivity contribution in [1.82, 2.24) is 4.90 Å². The Labute approximate surface area is 124 Å². The van der Waals surface area contributed by atoms with Gasteiger partial charge in [-0.2, -0.15) is 0 Å². The lowest BCUT2D eigenvalue weighted by atomic mass is 10.1. The summed E-state index contributed by atoms with van der Waals surface area (Å²) in [6.07, 6.45) is 0. The van der Waals surface area contributed by atoms with E-state index in [1.165, 1.54) is 0 Å². The summed E-state index contributed by atoms with van der Waals surface area (Å²) in [6, 6.07) is 5.24. The lowest BCUT2D eigenvalue weighted by molar-refractivity contribution is -0.0875. The number of nitrogens with zero attached hydrogens (tertiary/aromatic N) is 1. The van der Waals surface area contributed by atoms with E-state index >= 15 is 0 Å². The first kappa shape index (κ1) is 14.9. The highest BCUT2D eigenvalue weighted by molar-refractivity contribution is 6.34. The van der Waals surface area contributed by atoms with Crippen LogP contribution >= 0.6 is 23.2 Å². The molecule has 5 heteroatoms.